The van der Waals surface area contributed by atoms with Gasteiger partial charge in [0.25, 0.3) is 0 Å². The van der Waals surface area contributed by atoms with Crippen molar-refractivity contribution >= 4 is 17.3 Å². The van der Waals surface area contributed by atoms with Crippen molar-refractivity contribution in [3.05, 3.63) is 15.6 Å². The summed E-state index contributed by atoms with van der Waals surface area (Å²) in [5.41, 5.74) is 6.21. The Morgan fingerprint density at radius 1 is 1.77 bits per heavy atom. The van der Waals surface area contributed by atoms with Gasteiger partial charge in [0.2, 0.25) is 0 Å². The van der Waals surface area contributed by atoms with E-state index in [1.807, 2.05) is 6.92 Å². The molecule has 0 saturated heterocycles. The lowest BCUT2D eigenvalue weighted by atomic mass is 10.2. The van der Waals surface area contributed by atoms with Crippen LogP contribution in [0.15, 0.2) is 0 Å². The van der Waals surface area contributed by atoms with Crippen molar-refractivity contribution in [1.29, 1.82) is 0 Å². The number of rotatable bonds is 3. The molecule has 1 unspecified atom stereocenters. The highest BCUT2D eigenvalue weighted by Crippen LogP contribution is 2.23. The number of hydrogen-bond donors (Lipinski definition) is 2. The van der Waals surface area contributed by atoms with E-state index in [1.165, 1.54) is 11.3 Å². The lowest BCUT2D eigenvalue weighted by Crippen LogP contribution is -2.20. The minimum Gasteiger partial charge on any atom is -0.480 e. The van der Waals surface area contributed by atoms with Crippen molar-refractivity contribution in [3.63, 3.8) is 0 Å². The molecule has 1 aromatic rings. The fourth-order valence-electron chi connectivity index (χ4n) is 1.02. The highest BCUT2D eigenvalue weighted by atomic mass is 32.1. The van der Waals surface area contributed by atoms with Gasteiger partial charge in [-0.3, -0.25) is 4.79 Å². The molecular weight excluding hydrogens is 188 g/mol. The summed E-state index contributed by atoms with van der Waals surface area (Å²) in [6, 6.07) is -0.933. The Kier molecular flexibility index (Phi) is 3.00. The summed E-state index contributed by atoms with van der Waals surface area (Å²) >= 11 is 1.38. The monoisotopic (exact) mass is 200 g/mol. The van der Waals surface area contributed by atoms with Gasteiger partial charge in [0.1, 0.15) is 6.04 Å². The van der Waals surface area contributed by atoms with Gasteiger partial charge in [0.15, 0.2) is 0 Å². The molecule has 0 saturated carbocycles. The van der Waals surface area contributed by atoms with Crippen LogP contribution < -0.4 is 5.73 Å². The molecule has 3 N–H and O–H groups in total. The molecule has 1 rings (SSSR count). The second kappa shape index (κ2) is 3.85. The molecule has 1 atom stereocenters. The van der Waals surface area contributed by atoms with E-state index in [4.69, 9.17) is 10.8 Å². The van der Waals surface area contributed by atoms with Crippen LogP contribution in [0.2, 0.25) is 0 Å². The number of nitrogens with two attached hydrogens (primary N) is 1. The van der Waals surface area contributed by atoms with E-state index in [0.29, 0.717) is 4.88 Å². The number of thiazole rings is 1. The zero-order valence-electron chi connectivity index (χ0n) is 7.57. The Morgan fingerprint density at radius 3 is 2.77 bits per heavy atom. The van der Waals surface area contributed by atoms with Crippen LogP contribution in [0.4, 0.5) is 0 Å². The fraction of sp³-hybridized carbons (Fsp3) is 0.500. The zero-order chi connectivity index (χ0) is 10.0. The van der Waals surface area contributed by atoms with Crippen molar-refractivity contribution in [3.8, 4) is 0 Å². The van der Waals surface area contributed by atoms with Crippen LogP contribution in [-0.4, -0.2) is 16.1 Å². The molecule has 0 aromatic carbocycles. The smallest absolute Gasteiger partial charge is 0.326 e. The van der Waals surface area contributed by atoms with E-state index in [0.717, 1.165) is 17.1 Å². The maximum Gasteiger partial charge on any atom is 0.326 e. The minimum absolute atomic E-state index is 0.657. The lowest BCUT2D eigenvalue weighted by molar-refractivity contribution is -0.138. The molecule has 0 bridgehead atoms. The Hall–Kier alpha value is -0.940. The van der Waals surface area contributed by atoms with Crippen molar-refractivity contribution in [2.24, 2.45) is 5.73 Å². The quantitative estimate of drug-likeness (QED) is 0.766. The van der Waals surface area contributed by atoms with Crippen molar-refractivity contribution in [1.82, 2.24) is 4.98 Å². The first kappa shape index (κ1) is 10.1. The second-order valence-electron chi connectivity index (χ2n) is 2.73. The van der Waals surface area contributed by atoms with Gasteiger partial charge in [-0.2, -0.15) is 0 Å². The first-order valence-electron chi connectivity index (χ1n) is 4.00. The first-order chi connectivity index (χ1) is 6.06. The van der Waals surface area contributed by atoms with Crippen LogP contribution >= 0.6 is 11.3 Å². The predicted octanol–water partition coefficient (Wildman–Crippen LogP) is 1.10. The molecule has 0 radical (unpaired) electrons. The average Bonchev–Trinajstić information content (AvgIpc) is 2.45. The first-order valence-corrected chi connectivity index (χ1v) is 4.82. The topological polar surface area (TPSA) is 76.2 Å². The van der Waals surface area contributed by atoms with Crippen LogP contribution in [0.25, 0.3) is 0 Å². The summed E-state index contributed by atoms with van der Waals surface area (Å²) in [6.07, 6.45) is 0.817. The highest BCUT2D eigenvalue weighted by Gasteiger charge is 2.20. The molecule has 13 heavy (non-hydrogen) atoms. The summed E-state index contributed by atoms with van der Waals surface area (Å²) in [5, 5.41) is 9.63. The summed E-state index contributed by atoms with van der Waals surface area (Å²) < 4.78 is 0. The van der Waals surface area contributed by atoms with Crippen molar-refractivity contribution < 1.29 is 9.90 Å². The Balaban J connectivity index is 3.00. The van der Waals surface area contributed by atoms with Crippen molar-refractivity contribution in [2.45, 2.75) is 26.3 Å². The van der Waals surface area contributed by atoms with Gasteiger partial charge in [0, 0.05) is 0 Å². The third kappa shape index (κ3) is 2.05. The molecule has 0 fully saturated rings. The number of hydrogen-bond acceptors (Lipinski definition) is 4. The van der Waals surface area contributed by atoms with Crippen molar-refractivity contribution in [2.75, 3.05) is 0 Å². The number of nitrogens with zero attached hydrogens (tertiary/aromatic N) is 1. The molecule has 5 heteroatoms. The summed E-state index contributed by atoms with van der Waals surface area (Å²) in [5.74, 6) is -1.01. The third-order valence-corrected chi connectivity index (χ3v) is 3.11. The van der Waals surface area contributed by atoms with Crippen LogP contribution in [-0.2, 0) is 11.2 Å². The number of carbonyl (C=O) groups is 1. The molecule has 1 heterocycles. The number of aryl methyl sites for hydroxylation is 2. The summed E-state index contributed by atoms with van der Waals surface area (Å²) in [7, 11) is 0. The van der Waals surface area contributed by atoms with E-state index in [-0.39, 0.29) is 0 Å². The largest absolute Gasteiger partial charge is 0.480 e. The third-order valence-electron chi connectivity index (χ3n) is 1.73. The molecule has 0 spiro atoms. The minimum atomic E-state index is -1.01. The maximum atomic E-state index is 10.6. The molecule has 1 aromatic heterocycles. The number of carboxylic acids is 1. The van der Waals surface area contributed by atoms with Gasteiger partial charge in [-0.1, -0.05) is 6.92 Å². The van der Waals surface area contributed by atoms with Gasteiger partial charge < -0.3 is 10.8 Å². The van der Waals surface area contributed by atoms with Gasteiger partial charge in [-0.25, -0.2) is 4.98 Å². The number of carboxylic acid groups (broad SMARTS) is 1. The molecule has 0 aliphatic heterocycles. The van der Waals surface area contributed by atoms with Crippen LogP contribution in [0.1, 0.15) is 28.5 Å². The average molecular weight is 200 g/mol. The van der Waals surface area contributed by atoms with E-state index in [1.54, 1.807) is 6.92 Å². The Labute approximate surface area is 80.4 Å². The standard InChI is InChI=1S/C8H12N2O2S/c1-3-5-10-4(2)7(13-5)6(9)8(11)12/h6H,3,9H2,1-2H3,(H,11,12). The van der Waals surface area contributed by atoms with Gasteiger partial charge >= 0.3 is 5.97 Å². The molecule has 0 aliphatic carbocycles. The number of aromatic nitrogens is 1. The fourth-order valence-corrected chi connectivity index (χ4v) is 2.02. The maximum absolute atomic E-state index is 10.6. The molecule has 4 nitrogen and oxygen atoms in total. The van der Waals surface area contributed by atoms with Gasteiger partial charge in [-0.05, 0) is 13.3 Å². The summed E-state index contributed by atoms with van der Waals surface area (Å²) in [6.45, 7) is 3.77. The lowest BCUT2D eigenvalue weighted by Gasteiger charge is -2.02. The second-order valence-corrected chi connectivity index (χ2v) is 3.84. The molecular formula is C8H12N2O2S. The Morgan fingerprint density at radius 2 is 2.38 bits per heavy atom. The van der Waals surface area contributed by atoms with E-state index in [2.05, 4.69) is 4.98 Å². The van der Waals surface area contributed by atoms with Gasteiger partial charge in [0.05, 0.1) is 15.6 Å². The normalized spacial score (nSPS) is 12.8. The zero-order valence-corrected chi connectivity index (χ0v) is 8.39. The predicted molar refractivity (Wildman–Crippen MR) is 50.8 cm³/mol. The van der Waals surface area contributed by atoms with E-state index < -0.39 is 12.0 Å². The van der Waals surface area contributed by atoms with Crippen LogP contribution in [0.5, 0.6) is 0 Å². The van der Waals surface area contributed by atoms with E-state index in [9.17, 15) is 4.79 Å². The molecule has 0 aliphatic rings. The SMILES string of the molecule is CCc1nc(C)c(C(N)C(=O)O)s1. The van der Waals surface area contributed by atoms with E-state index >= 15 is 0 Å². The number of aliphatic carboxylic acids is 1. The Bertz CT molecular complexity index is 322. The van der Waals surface area contributed by atoms with Crippen LogP contribution in [0.3, 0.4) is 0 Å². The molecule has 0 amide bonds. The van der Waals surface area contributed by atoms with Gasteiger partial charge in [-0.15, -0.1) is 11.3 Å². The summed E-state index contributed by atoms with van der Waals surface area (Å²) in [4.78, 5) is 15.5. The molecule has 72 valence electrons. The van der Waals surface area contributed by atoms with Crippen LogP contribution in [0, 0.1) is 6.92 Å². The highest BCUT2D eigenvalue weighted by molar-refractivity contribution is 7.12.